The molecule has 6 atom stereocenters. The van der Waals surface area contributed by atoms with Crippen LogP contribution < -0.4 is 0 Å². The summed E-state index contributed by atoms with van der Waals surface area (Å²) in [6.07, 6.45) is 51.5. The fourth-order valence-electron chi connectivity index (χ4n) is 8.64. The van der Waals surface area contributed by atoms with Gasteiger partial charge >= 0.3 is 23.9 Å². The number of allylic oxidation sites excluding steroid dienone is 12. The molecule has 1 aliphatic heterocycles. The van der Waals surface area contributed by atoms with Gasteiger partial charge in [0.15, 0.2) is 24.6 Å². The Bertz CT molecular complexity index is 1580. The van der Waals surface area contributed by atoms with Gasteiger partial charge in [-0.05, 0) is 109 Å². The summed E-state index contributed by atoms with van der Waals surface area (Å²) in [4.78, 5) is 51.1. The largest absolute Gasteiger partial charge is 0.479 e. The number of carbonyl (C=O) groups is 4. The highest BCUT2D eigenvalue weighted by Crippen LogP contribution is 2.26. The van der Waals surface area contributed by atoms with Crippen LogP contribution in [0.4, 0.5) is 0 Å². The molecular formula is C63H106O12. The molecule has 1 fully saturated rings. The lowest BCUT2D eigenvalue weighted by molar-refractivity contribution is -0.301. The number of hydrogen-bond donors (Lipinski definition) is 3. The first kappa shape index (κ1) is 69.2. The molecule has 1 saturated heterocycles. The van der Waals surface area contributed by atoms with E-state index >= 15 is 0 Å². The lowest BCUT2D eigenvalue weighted by Crippen LogP contribution is -2.61. The van der Waals surface area contributed by atoms with Crippen LogP contribution in [0.3, 0.4) is 0 Å². The molecule has 0 spiro atoms. The van der Waals surface area contributed by atoms with Crippen molar-refractivity contribution in [1.29, 1.82) is 0 Å². The Morgan fingerprint density at radius 2 is 0.840 bits per heavy atom. The topological polar surface area (TPSA) is 175 Å². The molecule has 0 aromatic heterocycles. The molecule has 0 radical (unpaired) electrons. The predicted molar refractivity (Wildman–Crippen MR) is 303 cm³/mol. The molecule has 0 aliphatic carbocycles. The summed E-state index contributed by atoms with van der Waals surface area (Å²) < 4.78 is 28.4. The summed E-state index contributed by atoms with van der Waals surface area (Å²) in [6, 6.07) is 0. The summed E-state index contributed by atoms with van der Waals surface area (Å²) >= 11 is 0. The van der Waals surface area contributed by atoms with Crippen molar-refractivity contribution in [3.05, 3.63) is 72.9 Å². The minimum absolute atomic E-state index is 0.0410. The molecule has 1 rings (SSSR count). The van der Waals surface area contributed by atoms with Crippen LogP contribution >= 0.6 is 0 Å². The van der Waals surface area contributed by atoms with Crippen molar-refractivity contribution in [2.24, 2.45) is 0 Å². The molecular weight excluding hydrogens is 949 g/mol. The Morgan fingerprint density at radius 1 is 0.453 bits per heavy atom. The van der Waals surface area contributed by atoms with Crippen LogP contribution in [0.1, 0.15) is 252 Å². The van der Waals surface area contributed by atoms with Gasteiger partial charge in [-0.15, -0.1) is 0 Å². The zero-order valence-corrected chi connectivity index (χ0v) is 47.3. The van der Waals surface area contributed by atoms with Gasteiger partial charge in [0.1, 0.15) is 18.8 Å². The number of unbranched alkanes of at least 4 members (excludes halogenated alkanes) is 24. The highest BCUT2D eigenvalue weighted by atomic mass is 16.7. The Labute approximate surface area is 455 Å². The van der Waals surface area contributed by atoms with Crippen LogP contribution in [0.2, 0.25) is 0 Å². The van der Waals surface area contributed by atoms with Gasteiger partial charge in [0, 0.05) is 19.3 Å². The van der Waals surface area contributed by atoms with Crippen molar-refractivity contribution in [2.45, 2.75) is 289 Å². The standard InChI is InChI=1S/C63H106O12/c1-4-7-10-13-16-19-22-25-26-27-28-29-30-33-36-39-42-45-48-51-57(66)74-61-59(68)58(67)60(62(69)70)75-63(61)72-53-54(73-56(65)50-47-44-41-38-35-32-24-21-18-15-12-9-6-3)52-71-55(64)49-46-43-40-37-34-31-23-20-17-14-11-8-5-2/h7,10,16,19-21,23-26,28-29,54,58-61,63,67-68H,4-6,8-9,11-15,17-18,22,27,30-53H2,1-3H3,(H,69,70)/b10-7-,19-16-,23-20-,24-21-,26-25-,29-28-. The second kappa shape index (κ2) is 50.9. The Kier molecular flexibility index (Phi) is 47.0. The zero-order valence-electron chi connectivity index (χ0n) is 47.3. The van der Waals surface area contributed by atoms with Gasteiger partial charge in [0.05, 0.1) is 6.61 Å². The molecule has 12 heteroatoms. The maximum absolute atomic E-state index is 13.1. The third-order valence-electron chi connectivity index (χ3n) is 13.2. The Balaban J connectivity index is 2.69. The lowest BCUT2D eigenvalue weighted by Gasteiger charge is -2.40. The van der Waals surface area contributed by atoms with Crippen molar-refractivity contribution in [3.63, 3.8) is 0 Å². The number of aliphatic hydroxyl groups is 2. The molecule has 0 amide bonds. The maximum Gasteiger partial charge on any atom is 0.335 e. The number of hydrogen-bond acceptors (Lipinski definition) is 11. The normalized spacial score (nSPS) is 18.7. The van der Waals surface area contributed by atoms with Crippen molar-refractivity contribution < 1.29 is 58.2 Å². The number of carboxylic acids is 1. The van der Waals surface area contributed by atoms with Crippen LogP contribution in [0.5, 0.6) is 0 Å². The summed E-state index contributed by atoms with van der Waals surface area (Å²) in [5, 5.41) is 31.5. The number of aliphatic hydroxyl groups excluding tert-OH is 2. The SMILES string of the molecule is CC/C=C\C/C=C\C/C=C\C/C=C\CCCCCCCCC(=O)OC1C(OCC(COC(=O)CCCCCCC/C=C\CCCCCC)OC(=O)CCCCCCC/C=C\CCCCCC)OC(C(=O)O)C(O)C1O. The molecule has 0 aromatic carbocycles. The average Bonchev–Trinajstić information content (AvgIpc) is 3.39. The van der Waals surface area contributed by atoms with Gasteiger partial charge in [-0.25, -0.2) is 4.79 Å². The van der Waals surface area contributed by atoms with E-state index in [4.69, 9.17) is 23.7 Å². The van der Waals surface area contributed by atoms with Gasteiger partial charge in [0.2, 0.25) is 0 Å². The Morgan fingerprint density at radius 3 is 1.29 bits per heavy atom. The molecule has 3 N–H and O–H groups in total. The van der Waals surface area contributed by atoms with E-state index in [-0.39, 0.29) is 25.9 Å². The molecule has 0 aromatic rings. The summed E-state index contributed by atoms with van der Waals surface area (Å²) in [7, 11) is 0. The van der Waals surface area contributed by atoms with Gasteiger partial charge < -0.3 is 39.0 Å². The van der Waals surface area contributed by atoms with Gasteiger partial charge in [-0.1, -0.05) is 196 Å². The van der Waals surface area contributed by atoms with Gasteiger partial charge in [-0.2, -0.15) is 0 Å². The molecule has 1 heterocycles. The smallest absolute Gasteiger partial charge is 0.335 e. The van der Waals surface area contributed by atoms with Gasteiger partial charge in [0.25, 0.3) is 0 Å². The van der Waals surface area contributed by atoms with E-state index in [1.165, 1.54) is 51.4 Å². The highest BCUT2D eigenvalue weighted by molar-refractivity contribution is 5.74. The molecule has 12 nitrogen and oxygen atoms in total. The quantitative estimate of drug-likeness (QED) is 0.0228. The number of carboxylic acid groups (broad SMARTS) is 1. The second-order valence-electron chi connectivity index (χ2n) is 20.2. The Hall–Kier alpha value is -3.84. The highest BCUT2D eigenvalue weighted by Gasteiger charge is 2.50. The number of rotatable bonds is 50. The second-order valence-corrected chi connectivity index (χ2v) is 20.2. The molecule has 6 unspecified atom stereocenters. The third kappa shape index (κ3) is 41.0. The fraction of sp³-hybridized carbons (Fsp3) is 0.746. The number of esters is 3. The first-order valence-corrected chi connectivity index (χ1v) is 29.9. The molecule has 430 valence electrons. The molecule has 75 heavy (non-hydrogen) atoms. The van der Waals surface area contributed by atoms with E-state index in [1.54, 1.807) is 0 Å². The van der Waals surface area contributed by atoms with E-state index in [2.05, 4.69) is 93.7 Å². The van der Waals surface area contributed by atoms with Crippen molar-refractivity contribution in [1.82, 2.24) is 0 Å². The fourth-order valence-corrected chi connectivity index (χ4v) is 8.64. The summed E-state index contributed by atoms with van der Waals surface area (Å²) in [5.41, 5.74) is 0. The van der Waals surface area contributed by atoms with Crippen LogP contribution in [-0.2, 0) is 42.9 Å². The summed E-state index contributed by atoms with van der Waals surface area (Å²) in [6.45, 7) is 5.83. The predicted octanol–water partition coefficient (Wildman–Crippen LogP) is 15.3. The number of carbonyl (C=O) groups excluding carboxylic acids is 3. The average molecular weight is 1060 g/mol. The third-order valence-corrected chi connectivity index (χ3v) is 13.2. The van der Waals surface area contributed by atoms with Crippen LogP contribution in [0.25, 0.3) is 0 Å². The van der Waals surface area contributed by atoms with Crippen LogP contribution in [0.15, 0.2) is 72.9 Å². The number of ether oxygens (including phenoxy) is 5. The van der Waals surface area contributed by atoms with Crippen molar-refractivity contribution in [3.8, 4) is 0 Å². The molecule has 1 aliphatic rings. The van der Waals surface area contributed by atoms with E-state index in [0.717, 1.165) is 141 Å². The van der Waals surface area contributed by atoms with E-state index in [9.17, 15) is 34.5 Å². The maximum atomic E-state index is 13.1. The minimum Gasteiger partial charge on any atom is -0.479 e. The first-order chi connectivity index (χ1) is 36.6. The zero-order chi connectivity index (χ0) is 54.7. The summed E-state index contributed by atoms with van der Waals surface area (Å²) in [5.74, 6) is -3.16. The van der Waals surface area contributed by atoms with Crippen molar-refractivity contribution >= 4 is 23.9 Å². The minimum atomic E-state index is -1.91. The molecule has 0 bridgehead atoms. The first-order valence-electron chi connectivity index (χ1n) is 29.9. The van der Waals surface area contributed by atoms with E-state index in [1.807, 2.05) is 0 Å². The van der Waals surface area contributed by atoms with Crippen LogP contribution in [0, 0.1) is 0 Å². The van der Waals surface area contributed by atoms with Crippen LogP contribution in [-0.4, -0.2) is 89.2 Å². The number of aliphatic carboxylic acids is 1. The molecule has 0 saturated carbocycles. The van der Waals surface area contributed by atoms with E-state index < -0.39 is 67.3 Å². The lowest BCUT2D eigenvalue weighted by atomic mass is 9.98. The van der Waals surface area contributed by atoms with Crippen molar-refractivity contribution in [2.75, 3.05) is 13.2 Å². The monoisotopic (exact) mass is 1050 g/mol. The van der Waals surface area contributed by atoms with Gasteiger partial charge in [-0.3, -0.25) is 14.4 Å². The van der Waals surface area contributed by atoms with E-state index in [0.29, 0.717) is 19.3 Å².